The number of hydrogen-bond donors (Lipinski definition) is 2. The minimum atomic E-state index is -0.876. The number of halogens is 1. The Kier molecular flexibility index (Phi) is 4.22. The van der Waals surface area contributed by atoms with Gasteiger partial charge < -0.3 is 10.4 Å². The van der Waals surface area contributed by atoms with Crippen LogP contribution in [0.2, 0.25) is 5.02 Å². The predicted octanol–water partition coefficient (Wildman–Crippen LogP) is 3.47. The number of carbonyl (C=O) groups is 1. The lowest BCUT2D eigenvalue weighted by atomic mass is 9.67. The molecule has 0 saturated carbocycles. The van der Waals surface area contributed by atoms with Gasteiger partial charge in [0.05, 0.1) is 5.54 Å². The molecule has 1 fully saturated rings. The van der Waals surface area contributed by atoms with E-state index >= 15 is 0 Å². The van der Waals surface area contributed by atoms with Crippen molar-refractivity contribution in [2.75, 3.05) is 19.6 Å². The summed E-state index contributed by atoms with van der Waals surface area (Å²) >= 11 is 6.13. The van der Waals surface area contributed by atoms with Crippen molar-refractivity contribution in [1.82, 2.24) is 10.2 Å². The molecule has 2 N–H and O–H groups in total. The number of nitrogens with zero attached hydrogens (tertiary/aromatic N) is 1. The lowest BCUT2D eigenvalue weighted by molar-refractivity contribution is -0.0184. The van der Waals surface area contributed by atoms with Gasteiger partial charge in [-0.1, -0.05) is 44.5 Å². The van der Waals surface area contributed by atoms with E-state index in [-0.39, 0.29) is 5.41 Å². The Morgan fingerprint density at radius 3 is 2.62 bits per heavy atom. The highest BCUT2D eigenvalue weighted by molar-refractivity contribution is 6.31. The first kappa shape index (κ1) is 16.1. The summed E-state index contributed by atoms with van der Waals surface area (Å²) in [5.74, 6) is 0. The van der Waals surface area contributed by atoms with Crippen LogP contribution < -0.4 is 5.32 Å². The Labute approximate surface area is 131 Å². The topological polar surface area (TPSA) is 52.6 Å². The van der Waals surface area contributed by atoms with Crippen molar-refractivity contribution in [3.05, 3.63) is 34.3 Å². The molecule has 0 bridgehead atoms. The summed E-state index contributed by atoms with van der Waals surface area (Å²) in [5, 5.41) is 13.8. The Morgan fingerprint density at radius 1 is 1.43 bits per heavy atom. The van der Waals surface area contributed by atoms with Gasteiger partial charge in [-0.25, -0.2) is 4.79 Å². The molecule has 1 aliphatic heterocycles. The highest BCUT2D eigenvalue weighted by atomic mass is 35.5. The summed E-state index contributed by atoms with van der Waals surface area (Å²) in [4.78, 5) is 13.4. The normalized spacial score (nSPS) is 23.2. The van der Waals surface area contributed by atoms with Crippen LogP contribution in [0.3, 0.4) is 0 Å². The summed E-state index contributed by atoms with van der Waals surface area (Å²) in [5.41, 5.74) is 1.10. The average molecular weight is 311 g/mol. The van der Waals surface area contributed by atoms with Crippen molar-refractivity contribution < 1.29 is 9.90 Å². The zero-order valence-corrected chi connectivity index (χ0v) is 13.8. The smallest absolute Gasteiger partial charge is 0.408 e. The molecule has 21 heavy (non-hydrogen) atoms. The zero-order valence-electron chi connectivity index (χ0n) is 13.0. The van der Waals surface area contributed by atoms with Gasteiger partial charge in [0, 0.05) is 24.7 Å². The third-order valence-corrected chi connectivity index (χ3v) is 4.89. The first-order valence-electron chi connectivity index (χ1n) is 7.18. The maximum Gasteiger partial charge on any atom is 0.408 e. The molecule has 4 nitrogen and oxygen atoms in total. The molecule has 1 aromatic rings. The number of rotatable bonds is 1. The molecule has 1 unspecified atom stereocenters. The van der Waals surface area contributed by atoms with Crippen molar-refractivity contribution in [1.29, 1.82) is 0 Å². The molecule has 0 spiro atoms. The number of aryl methyl sites for hydroxylation is 1. The molecule has 1 heterocycles. The molecule has 0 aliphatic carbocycles. The Bertz CT molecular complexity index is 554. The SMILES string of the molecule is Cc1cc(C2(C(C)(C)C)CNCCN2C(=O)O)ccc1Cl. The van der Waals surface area contributed by atoms with Crippen molar-refractivity contribution >= 4 is 17.7 Å². The maximum absolute atomic E-state index is 11.8. The Hall–Kier alpha value is -1.26. The van der Waals surface area contributed by atoms with Gasteiger partial charge >= 0.3 is 6.09 Å². The van der Waals surface area contributed by atoms with Crippen LogP contribution in [-0.4, -0.2) is 35.7 Å². The zero-order chi connectivity index (χ0) is 15.8. The average Bonchev–Trinajstić information content (AvgIpc) is 2.40. The molecular formula is C16H23ClN2O2. The van der Waals surface area contributed by atoms with Gasteiger partial charge in [0.1, 0.15) is 0 Å². The minimum absolute atomic E-state index is 0.251. The van der Waals surface area contributed by atoms with Crippen LogP contribution in [0.15, 0.2) is 18.2 Å². The van der Waals surface area contributed by atoms with E-state index in [2.05, 4.69) is 26.1 Å². The van der Waals surface area contributed by atoms with Crippen molar-refractivity contribution in [2.24, 2.45) is 5.41 Å². The fourth-order valence-corrected chi connectivity index (χ4v) is 3.39. The Balaban J connectivity index is 2.65. The second-order valence-electron chi connectivity index (χ2n) is 6.69. The molecule has 1 atom stereocenters. The lowest BCUT2D eigenvalue weighted by Gasteiger charge is -2.54. The summed E-state index contributed by atoms with van der Waals surface area (Å²) in [6.07, 6.45) is -0.876. The van der Waals surface area contributed by atoms with E-state index in [4.69, 9.17) is 11.6 Å². The Morgan fingerprint density at radius 2 is 2.10 bits per heavy atom. The first-order valence-corrected chi connectivity index (χ1v) is 7.56. The number of carboxylic acid groups (broad SMARTS) is 1. The predicted molar refractivity (Wildman–Crippen MR) is 84.9 cm³/mol. The number of nitrogens with one attached hydrogen (secondary N) is 1. The van der Waals surface area contributed by atoms with Crippen molar-refractivity contribution in [3.63, 3.8) is 0 Å². The van der Waals surface area contributed by atoms with E-state index in [9.17, 15) is 9.90 Å². The van der Waals surface area contributed by atoms with Crippen LogP contribution in [0, 0.1) is 12.3 Å². The molecule has 1 amide bonds. The van der Waals surface area contributed by atoms with Gasteiger partial charge in [-0.05, 0) is 29.5 Å². The maximum atomic E-state index is 11.8. The monoisotopic (exact) mass is 310 g/mol. The number of hydrogen-bond acceptors (Lipinski definition) is 2. The number of piperazine rings is 1. The fraction of sp³-hybridized carbons (Fsp3) is 0.562. The van der Waals surface area contributed by atoms with E-state index in [1.54, 1.807) is 4.90 Å². The van der Waals surface area contributed by atoms with Gasteiger partial charge in [-0.15, -0.1) is 0 Å². The highest BCUT2D eigenvalue weighted by Crippen LogP contribution is 2.45. The molecule has 116 valence electrons. The van der Waals surface area contributed by atoms with E-state index in [1.807, 2.05) is 25.1 Å². The molecule has 1 saturated heterocycles. The van der Waals surface area contributed by atoms with Gasteiger partial charge in [-0.3, -0.25) is 4.90 Å². The fourth-order valence-electron chi connectivity index (χ4n) is 3.27. The summed E-state index contributed by atoms with van der Waals surface area (Å²) in [6, 6.07) is 5.81. The second kappa shape index (κ2) is 5.50. The molecule has 0 aromatic heterocycles. The van der Waals surface area contributed by atoms with E-state index in [0.717, 1.165) is 11.1 Å². The van der Waals surface area contributed by atoms with Gasteiger partial charge in [-0.2, -0.15) is 0 Å². The van der Waals surface area contributed by atoms with Crippen LogP contribution >= 0.6 is 11.6 Å². The van der Waals surface area contributed by atoms with Crippen LogP contribution in [0.5, 0.6) is 0 Å². The van der Waals surface area contributed by atoms with Crippen molar-refractivity contribution in [2.45, 2.75) is 33.2 Å². The molecule has 2 rings (SSSR count). The number of amides is 1. The molecule has 1 aliphatic rings. The van der Waals surface area contributed by atoms with Crippen LogP contribution in [0.1, 0.15) is 31.9 Å². The quantitative estimate of drug-likeness (QED) is 0.835. The lowest BCUT2D eigenvalue weighted by Crippen LogP contribution is -2.66. The summed E-state index contributed by atoms with van der Waals surface area (Å²) in [7, 11) is 0. The third-order valence-electron chi connectivity index (χ3n) is 4.46. The largest absolute Gasteiger partial charge is 0.465 e. The van der Waals surface area contributed by atoms with E-state index in [1.165, 1.54) is 0 Å². The molecular weight excluding hydrogens is 288 g/mol. The van der Waals surface area contributed by atoms with Crippen LogP contribution in [-0.2, 0) is 5.54 Å². The first-order chi connectivity index (χ1) is 9.70. The molecule has 1 aromatic carbocycles. The summed E-state index contributed by atoms with van der Waals surface area (Å²) in [6.45, 7) is 9.96. The molecule has 0 radical (unpaired) electrons. The summed E-state index contributed by atoms with van der Waals surface area (Å²) < 4.78 is 0. The second-order valence-corrected chi connectivity index (χ2v) is 7.09. The number of benzene rings is 1. The molecule has 5 heteroatoms. The van der Waals surface area contributed by atoms with Gasteiger partial charge in [0.25, 0.3) is 0 Å². The highest BCUT2D eigenvalue weighted by Gasteiger charge is 2.51. The standard InChI is InChI=1S/C16H23ClN2O2/c1-11-9-12(5-6-13(11)17)16(15(2,3)4)10-18-7-8-19(16)14(20)21/h5-6,9,18H,7-8,10H2,1-4H3,(H,20,21). The third kappa shape index (κ3) is 2.62. The minimum Gasteiger partial charge on any atom is -0.465 e. The van der Waals surface area contributed by atoms with Gasteiger partial charge in [0.2, 0.25) is 0 Å². The van der Waals surface area contributed by atoms with Crippen LogP contribution in [0.4, 0.5) is 4.79 Å². The van der Waals surface area contributed by atoms with E-state index in [0.29, 0.717) is 24.7 Å². The van der Waals surface area contributed by atoms with Crippen molar-refractivity contribution in [3.8, 4) is 0 Å². The van der Waals surface area contributed by atoms with Gasteiger partial charge in [0.15, 0.2) is 0 Å². The van der Waals surface area contributed by atoms with Crippen LogP contribution in [0.25, 0.3) is 0 Å². The van der Waals surface area contributed by atoms with E-state index < -0.39 is 11.6 Å².